The highest BCUT2D eigenvalue weighted by Gasteiger charge is 2.12. The predicted octanol–water partition coefficient (Wildman–Crippen LogP) is 1.67. The number of benzene rings is 2. The van der Waals surface area contributed by atoms with Gasteiger partial charge in [0.2, 0.25) is 5.91 Å². The second-order valence-electron chi connectivity index (χ2n) is 5.18. The SMILES string of the molecule is C[C@H](NCNC(=O)c1ccccc1)C(=O)NCc1ccccc1. The summed E-state index contributed by atoms with van der Waals surface area (Å²) in [5, 5.41) is 8.56. The summed E-state index contributed by atoms with van der Waals surface area (Å²) in [5.41, 5.74) is 1.64. The normalized spacial score (nSPS) is 11.5. The Morgan fingerprint density at radius 2 is 1.52 bits per heavy atom. The van der Waals surface area contributed by atoms with E-state index in [1.54, 1.807) is 19.1 Å². The summed E-state index contributed by atoms with van der Waals surface area (Å²) < 4.78 is 0. The van der Waals surface area contributed by atoms with Crippen LogP contribution in [0.4, 0.5) is 0 Å². The Morgan fingerprint density at radius 3 is 2.17 bits per heavy atom. The van der Waals surface area contributed by atoms with E-state index in [9.17, 15) is 9.59 Å². The lowest BCUT2D eigenvalue weighted by atomic mass is 10.2. The van der Waals surface area contributed by atoms with Gasteiger partial charge in [-0.25, -0.2) is 0 Å². The number of rotatable bonds is 7. The van der Waals surface area contributed by atoms with Crippen molar-refractivity contribution < 1.29 is 9.59 Å². The van der Waals surface area contributed by atoms with Gasteiger partial charge in [-0.15, -0.1) is 0 Å². The number of hydrogen-bond donors (Lipinski definition) is 3. The molecule has 0 fully saturated rings. The minimum Gasteiger partial charge on any atom is -0.351 e. The van der Waals surface area contributed by atoms with Crippen molar-refractivity contribution in [3.63, 3.8) is 0 Å². The first kappa shape index (κ1) is 16.7. The summed E-state index contributed by atoms with van der Waals surface area (Å²) in [7, 11) is 0. The van der Waals surface area contributed by atoms with Gasteiger partial charge in [-0.3, -0.25) is 14.9 Å². The van der Waals surface area contributed by atoms with Gasteiger partial charge in [0.05, 0.1) is 12.7 Å². The zero-order valence-electron chi connectivity index (χ0n) is 13.1. The Balaban J connectivity index is 1.69. The number of carbonyl (C=O) groups excluding carboxylic acids is 2. The van der Waals surface area contributed by atoms with Gasteiger partial charge in [-0.1, -0.05) is 48.5 Å². The molecule has 23 heavy (non-hydrogen) atoms. The monoisotopic (exact) mass is 311 g/mol. The van der Waals surface area contributed by atoms with Crippen LogP contribution >= 0.6 is 0 Å². The molecule has 5 heteroatoms. The number of carbonyl (C=O) groups is 2. The minimum absolute atomic E-state index is 0.109. The summed E-state index contributed by atoms with van der Waals surface area (Å²) in [6.45, 7) is 2.48. The summed E-state index contributed by atoms with van der Waals surface area (Å²) >= 11 is 0. The van der Waals surface area contributed by atoms with Crippen LogP contribution in [0.5, 0.6) is 0 Å². The zero-order chi connectivity index (χ0) is 16.5. The molecule has 120 valence electrons. The molecule has 0 bridgehead atoms. The smallest absolute Gasteiger partial charge is 0.252 e. The maximum absolute atomic E-state index is 12.0. The minimum atomic E-state index is -0.394. The molecule has 0 aliphatic carbocycles. The first-order chi connectivity index (χ1) is 11.2. The van der Waals surface area contributed by atoms with Gasteiger partial charge in [0, 0.05) is 12.1 Å². The lowest BCUT2D eigenvalue weighted by Crippen LogP contribution is -2.46. The number of amides is 2. The van der Waals surface area contributed by atoms with Gasteiger partial charge in [0.15, 0.2) is 0 Å². The van der Waals surface area contributed by atoms with Crippen molar-refractivity contribution in [2.75, 3.05) is 6.67 Å². The fourth-order valence-corrected chi connectivity index (χ4v) is 2.01. The third-order valence-electron chi connectivity index (χ3n) is 3.40. The predicted molar refractivity (Wildman–Crippen MR) is 89.7 cm³/mol. The van der Waals surface area contributed by atoms with E-state index in [1.165, 1.54) is 0 Å². The van der Waals surface area contributed by atoms with Gasteiger partial charge >= 0.3 is 0 Å². The van der Waals surface area contributed by atoms with Gasteiger partial charge in [-0.05, 0) is 24.6 Å². The van der Waals surface area contributed by atoms with Crippen molar-refractivity contribution in [1.29, 1.82) is 0 Å². The summed E-state index contributed by atoms with van der Waals surface area (Å²) in [6.07, 6.45) is 0. The molecule has 3 N–H and O–H groups in total. The fraction of sp³-hybridized carbons (Fsp3) is 0.222. The van der Waals surface area contributed by atoms with Crippen LogP contribution in [0.25, 0.3) is 0 Å². The average molecular weight is 311 g/mol. The molecule has 0 heterocycles. The molecular formula is C18H21N3O2. The van der Waals surface area contributed by atoms with Crippen molar-refractivity contribution in [3.05, 3.63) is 71.8 Å². The van der Waals surface area contributed by atoms with Crippen molar-refractivity contribution in [3.8, 4) is 0 Å². The molecule has 2 aromatic rings. The van der Waals surface area contributed by atoms with Gasteiger partial charge in [0.25, 0.3) is 5.91 Å². The topological polar surface area (TPSA) is 70.2 Å². The highest BCUT2D eigenvalue weighted by molar-refractivity contribution is 5.94. The molecule has 0 spiro atoms. The van der Waals surface area contributed by atoms with Crippen LogP contribution in [0.1, 0.15) is 22.8 Å². The average Bonchev–Trinajstić information content (AvgIpc) is 2.61. The van der Waals surface area contributed by atoms with Crippen molar-refractivity contribution in [2.45, 2.75) is 19.5 Å². The van der Waals surface area contributed by atoms with E-state index in [1.807, 2.05) is 48.5 Å². The van der Waals surface area contributed by atoms with Crippen LogP contribution in [0, 0.1) is 0 Å². The third-order valence-corrected chi connectivity index (χ3v) is 3.40. The fourth-order valence-electron chi connectivity index (χ4n) is 2.01. The Labute approximate surface area is 136 Å². The first-order valence-corrected chi connectivity index (χ1v) is 7.55. The molecule has 0 aliphatic rings. The molecule has 2 aromatic carbocycles. The van der Waals surface area contributed by atoms with Crippen molar-refractivity contribution >= 4 is 11.8 Å². The Kier molecular flexibility index (Phi) is 6.32. The van der Waals surface area contributed by atoms with Gasteiger partial charge in [0.1, 0.15) is 0 Å². The maximum Gasteiger partial charge on any atom is 0.252 e. The van der Waals surface area contributed by atoms with E-state index >= 15 is 0 Å². The summed E-state index contributed by atoms with van der Waals surface area (Å²) in [4.78, 5) is 23.8. The largest absolute Gasteiger partial charge is 0.351 e. The molecule has 2 amide bonds. The van der Waals surface area contributed by atoms with Crippen molar-refractivity contribution in [1.82, 2.24) is 16.0 Å². The molecule has 0 radical (unpaired) electrons. The summed E-state index contributed by atoms with van der Waals surface area (Å²) in [6, 6.07) is 18.3. The van der Waals surface area contributed by atoms with Crippen LogP contribution < -0.4 is 16.0 Å². The van der Waals surface area contributed by atoms with Crippen LogP contribution in [0.3, 0.4) is 0 Å². The molecule has 0 unspecified atom stereocenters. The molecule has 0 saturated carbocycles. The zero-order valence-corrected chi connectivity index (χ0v) is 13.1. The van der Waals surface area contributed by atoms with Crippen LogP contribution in [-0.4, -0.2) is 24.5 Å². The Hall–Kier alpha value is -2.66. The first-order valence-electron chi connectivity index (χ1n) is 7.55. The molecule has 2 rings (SSSR count). The second-order valence-corrected chi connectivity index (χ2v) is 5.18. The molecule has 0 aromatic heterocycles. The molecule has 0 aliphatic heterocycles. The highest BCUT2D eigenvalue weighted by atomic mass is 16.2. The van der Waals surface area contributed by atoms with Crippen LogP contribution in [-0.2, 0) is 11.3 Å². The third kappa shape index (κ3) is 5.56. The molecule has 5 nitrogen and oxygen atoms in total. The Morgan fingerprint density at radius 1 is 0.913 bits per heavy atom. The lowest BCUT2D eigenvalue weighted by Gasteiger charge is -2.14. The molecule has 1 atom stereocenters. The van der Waals surface area contributed by atoms with E-state index in [0.29, 0.717) is 12.1 Å². The van der Waals surface area contributed by atoms with Crippen LogP contribution in [0.2, 0.25) is 0 Å². The lowest BCUT2D eigenvalue weighted by molar-refractivity contribution is -0.122. The standard InChI is InChI=1S/C18H21N3O2/c1-14(17(22)19-12-15-8-4-2-5-9-15)20-13-21-18(23)16-10-6-3-7-11-16/h2-11,14,20H,12-13H2,1H3,(H,19,22)(H,21,23)/t14-/m0/s1. The van der Waals surface area contributed by atoms with Crippen LogP contribution in [0.15, 0.2) is 60.7 Å². The van der Waals surface area contributed by atoms with E-state index in [-0.39, 0.29) is 18.5 Å². The molecular weight excluding hydrogens is 290 g/mol. The summed E-state index contributed by atoms with van der Waals surface area (Å²) in [5.74, 6) is -0.280. The quantitative estimate of drug-likeness (QED) is 0.681. The number of hydrogen-bond acceptors (Lipinski definition) is 3. The molecule has 0 saturated heterocycles. The van der Waals surface area contributed by atoms with Gasteiger partial charge < -0.3 is 10.6 Å². The Bertz CT molecular complexity index is 629. The van der Waals surface area contributed by atoms with E-state index in [0.717, 1.165) is 5.56 Å². The maximum atomic E-state index is 12.0. The second kappa shape index (κ2) is 8.70. The van der Waals surface area contributed by atoms with Crippen molar-refractivity contribution in [2.24, 2.45) is 0 Å². The van der Waals surface area contributed by atoms with Gasteiger partial charge in [-0.2, -0.15) is 0 Å². The van der Waals surface area contributed by atoms with E-state index in [4.69, 9.17) is 0 Å². The van der Waals surface area contributed by atoms with E-state index in [2.05, 4.69) is 16.0 Å². The van der Waals surface area contributed by atoms with E-state index < -0.39 is 6.04 Å². The highest BCUT2D eigenvalue weighted by Crippen LogP contribution is 1.98. The number of nitrogens with one attached hydrogen (secondary N) is 3.